The molecule has 0 aliphatic rings. The van der Waals surface area contributed by atoms with E-state index < -0.39 is 35.8 Å². The normalized spacial score (nSPS) is 9.53. The zero-order valence-corrected chi connectivity index (χ0v) is 29.1. The van der Waals surface area contributed by atoms with Crippen LogP contribution in [0.1, 0.15) is 86.4 Å². The van der Waals surface area contributed by atoms with Gasteiger partial charge < -0.3 is 20.4 Å². The molecule has 0 atom stereocenters. The number of rotatable bonds is 12. The standard InChI is InChI=1S/C14H10O4.C9H16O4.2C7H6O2S/c15-13(11-7-3-1-4-8-11)17-18-14(16)12-9-5-2-6-10-12;10-8(11)6-4-2-1-3-5-7-9(12)13;2*8-7(9)5-3-1-2-4-6(5)10/h1-10H;1-7H2,(H,10,11)(H,12,13);2*1-4,10H,(H,8,9). The minimum Gasteiger partial charge on any atom is -0.481 e. The van der Waals surface area contributed by atoms with Crippen LogP contribution >= 0.6 is 25.3 Å². The number of aromatic carboxylic acids is 2. The van der Waals surface area contributed by atoms with Crippen LogP contribution in [-0.4, -0.2) is 56.2 Å². The molecule has 0 saturated heterocycles. The lowest BCUT2D eigenvalue weighted by atomic mass is 10.1. The van der Waals surface area contributed by atoms with Crippen molar-refractivity contribution < 1.29 is 59.0 Å². The summed E-state index contributed by atoms with van der Waals surface area (Å²) in [6.45, 7) is 0. The molecule has 0 unspecified atom stereocenters. The maximum absolute atomic E-state index is 11.5. The summed E-state index contributed by atoms with van der Waals surface area (Å²) in [6, 6.07) is 29.7. The molecule has 51 heavy (non-hydrogen) atoms. The smallest absolute Gasteiger partial charge is 0.386 e. The molecule has 0 saturated carbocycles. The Morgan fingerprint density at radius 2 is 0.725 bits per heavy atom. The van der Waals surface area contributed by atoms with Gasteiger partial charge >= 0.3 is 35.8 Å². The minimum atomic E-state index is -0.939. The molecule has 0 radical (unpaired) electrons. The van der Waals surface area contributed by atoms with Crippen molar-refractivity contribution in [3.05, 3.63) is 131 Å². The average molecular weight is 739 g/mol. The van der Waals surface area contributed by atoms with Crippen molar-refractivity contribution in [1.82, 2.24) is 0 Å². The van der Waals surface area contributed by atoms with Gasteiger partial charge in [-0.2, -0.15) is 0 Å². The lowest BCUT2D eigenvalue weighted by molar-refractivity contribution is -0.187. The van der Waals surface area contributed by atoms with Crippen LogP contribution in [0.2, 0.25) is 0 Å². The van der Waals surface area contributed by atoms with Crippen molar-refractivity contribution in [3.63, 3.8) is 0 Å². The van der Waals surface area contributed by atoms with E-state index >= 15 is 0 Å². The summed E-state index contributed by atoms with van der Waals surface area (Å²) in [7, 11) is 0. The van der Waals surface area contributed by atoms with E-state index in [1.807, 2.05) is 0 Å². The Balaban J connectivity index is 0.000000352. The summed E-state index contributed by atoms with van der Waals surface area (Å²) in [5, 5.41) is 33.7. The minimum absolute atomic E-state index is 0.221. The number of unbranched alkanes of at least 4 members (excludes halogenated alkanes) is 4. The van der Waals surface area contributed by atoms with Crippen LogP contribution in [0.3, 0.4) is 0 Å². The van der Waals surface area contributed by atoms with Crippen LogP contribution in [0.5, 0.6) is 0 Å². The Morgan fingerprint density at radius 1 is 0.431 bits per heavy atom. The molecule has 0 aliphatic carbocycles. The molecular weight excluding hydrogens is 701 g/mol. The van der Waals surface area contributed by atoms with Crippen molar-refractivity contribution in [2.45, 2.75) is 54.7 Å². The lowest BCUT2D eigenvalue weighted by Gasteiger charge is -2.02. The first-order valence-electron chi connectivity index (χ1n) is 15.3. The van der Waals surface area contributed by atoms with E-state index in [-0.39, 0.29) is 24.0 Å². The topological polar surface area (TPSA) is 202 Å². The molecule has 4 aromatic rings. The molecule has 0 aromatic heterocycles. The van der Waals surface area contributed by atoms with E-state index in [1.54, 1.807) is 97.1 Å². The third kappa shape index (κ3) is 19.9. The quantitative estimate of drug-likeness (QED) is 0.0356. The number of carboxylic acid groups (broad SMARTS) is 4. The Labute approximate surface area is 305 Å². The molecule has 14 heteroatoms. The molecule has 0 bridgehead atoms. The Morgan fingerprint density at radius 3 is 1.00 bits per heavy atom. The van der Waals surface area contributed by atoms with Crippen molar-refractivity contribution in [2.75, 3.05) is 0 Å². The third-order valence-corrected chi connectivity index (χ3v) is 7.04. The van der Waals surface area contributed by atoms with Gasteiger partial charge in [0.15, 0.2) is 0 Å². The fraction of sp³-hybridized carbons (Fsp3) is 0.189. The van der Waals surface area contributed by atoms with Gasteiger partial charge in [-0.25, -0.2) is 29.0 Å². The molecule has 0 amide bonds. The summed E-state index contributed by atoms with van der Waals surface area (Å²) in [6.07, 6.45) is 4.53. The monoisotopic (exact) mass is 738 g/mol. The SMILES string of the molecule is O=C(O)CCCCCCCC(=O)O.O=C(O)c1ccccc1S.O=C(O)c1ccccc1S.O=C(OOC(=O)c1ccccc1)c1ccccc1. The third-order valence-electron chi connectivity index (χ3n) is 6.26. The highest BCUT2D eigenvalue weighted by Crippen LogP contribution is 2.13. The summed E-state index contributed by atoms with van der Waals surface area (Å²) in [5.41, 5.74) is 1.12. The van der Waals surface area contributed by atoms with Gasteiger partial charge in [0.05, 0.1) is 22.3 Å². The Kier molecular flexibility index (Phi) is 21.6. The summed E-state index contributed by atoms with van der Waals surface area (Å²) in [5.74, 6) is -4.81. The van der Waals surface area contributed by atoms with Crippen molar-refractivity contribution >= 4 is 61.1 Å². The second-order valence-electron chi connectivity index (χ2n) is 10.2. The Bertz CT molecular complexity index is 1570. The van der Waals surface area contributed by atoms with Gasteiger partial charge in [0.25, 0.3) is 0 Å². The number of carboxylic acids is 4. The zero-order chi connectivity index (χ0) is 38.0. The molecule has 4 aromatic carbocycles. The molecule has 0 spiro atoms. The van der Waals surface area contributed by atoms with Crippen LogP contribution in [0.25, 0.3) is 0 Å². The van der Waals surface area contributed by atoms with Crippen LogP contribution in [0.4, 0.5) is 0 Å². The van der Waals surface area contributed by atoms with E-state index in [0.717, 1.165) is 19.3 Å². The highest BCUT2D eigenvalue weighted by molar-refractivity contribution is 7.80. The number of hydrogen-bond donors (Lipinski definition) is 6. The molecular formula is C37H38O12S2. The molecule has 4 N–H and O–H groups in total. The summed E-state index contributed by atoms with van der Waals surface area (Å²) >= 11 is 7.91. The first-order chi connectivity index (χ1) is 24.3. The number of carbonyl (C=O) groups excluding carboxylic acids is 2. The number of aliphatic carboxylic acids is 2. The number of hydrogen-bond acceptors (Lipinski definition) is 10. The van der Waals surface area contributed by atoms with Gasteiger partial charge in [0, 0.05) is 22.6 Å². The largest absolute Gasteiger partial charge is 0.481 e. The van der Waals surface area contributed by atoms with E-state index in [0.29, 0.717) is 33.8 Å². The fourth-order valence-electron chi connectivity index (χ4n) is 3.71. The summed E-state index contributed by atoms with van der Waals surface area (Å²) < 4.78 is 0. The Hall–Kier alpha value is -5.60. The highest BCUT2D eigenvalue weighted by Gasteiger charge is 2.13. The van der Waals surface area contributed by atoms with Gasteiger partial charge in [-0.1, -0.05) is 79.9 Å². The van der Waals surface area contributed by atoms with E-state index in [9.17, 15) is 28.8 Å². The molecule has 0 fully saturated rings. The first-order valence-corrected chi connectivity index (χ1v) is 16.2. The van der Waals surface area contributed by atoms with Crippen molar-refractivity contribution in [2.24, 2.45) is 0 Å². The van der Waals surface area contributed by atoms with Crippen LogP contribution in [0.15, 0.2) is 119 Å². The number of thiol groups is 2. The van der Waals surface area contributed by atoms with E-state index in [4.69, 9.17) is 20.4 Å². The number of benzene rings is 4. The van der Waals surface area contributed by atoms with Crippen molar-refractivity contribution in [1.29, 1.82) is 0 Å². The second kappa shape index (κ2) is 25.4. The van der Waals surface area contributed by atoms with Gasteiger partial charge in [0.1, 0.15) is 0 Å². The van der Waals surface area contributed by atoms with Gasteiger partial charge in [-0.05, 0) is 61.4 Å². The van der Waals surface area contributed by atoms with Crippen LogP contribution in [-0.2, 0) is 19.4 Å². The van der Waals surface area contributed by atoms with E-state index in [1.165, 1.54) is 12.1 Å². The molecule has 0 aliphatic heterocycles. The fourth-order valence-corrected chi connectivity index (χ4v) is 4.22. The van der Waals surface area contributed by atoms with Crippen LogP contribution in [0, 0.1) is 0 Å². The van der Waals surface area contributed by atoms with Crippen molar-refractivity contribution in [3.8, 4) is 0 Å². The maximum Gasteiger partial charge on any atom is 0.386 e. The zero-order valence-electron chi connectivity index (χ0n) is 27.3. The second-order valence-corrected chi connectivity index (χ2v) is 11.1. The molecule has 270 valence electrons. The maximum atomic E-state index is 11.5. The van der Waals surface area contributed by atoms with Gasteiger partial charge in [-0.3, -0.25) is 9.59 Å². The van der Waals surface area contributed by atoms with Gasteiger partial charge in [-0.15, -0.1) is 25.3 Å². The first kappa shape index (κ1) is 43.4. The lowest BCUT2D eigenvalue weighted by Crippen LogP contribution is -2.11. The van der Waals surface area contributed by atoms with E-state index in [2.05, 4.69) is 35.0 Å². The predicted molar refractivity (Wildman–Crippen MR) is 193 cm³/mol. The number of carbonyl (C=O) groups is 6. The van der Waals surface area contributed by atoms with Crippen LogP contribution < -0.4 is 0 Å². The molecule has 0 heterocycles. The summed E-state index contributed by atoms with van der Waals surface area (Å²) in [4.78, 5) is 73.8. The highest BCUT2D eigenvalue weighted by atomic mass is 32.1. The molecule has 12 nitrogen and oxygen atoms in total. The predicted octanol–water partition coefficient (Wildman–Crippen LogP) is 7.85. The van der Waals surface area contributed by atoms with Gasteiger partial charge in [0.2, 0.25) is 0 Å². The molecule has 4 rings (SSSR count). The average Bonchev–Trinajstić information content (AvgIpc) is 3.11.